The van der Waals surface area contributed by atoms with Crippen molar-refractivity contribution in [3.63, 3.8) is 0 Å². The summed E-state index contributed by atoms with van der Waals surface area (Å²) in [6.07, 6.45) is 4.02. The van der Waals surface area contributed by atoms with Gasteiger partial charge in [-0.1, -0.05) is 29.8 Å². The Morgan fingerprint density at radius 2 is 2.04 bits per heavy atom. The van der Waals surface area contributed by atoms with E-state index in [1.165, 1.54) is 6.42 Å². The van der Waals surface area contributed by atoms with Gasteiger partial charge in [0.25, 0.3) is 0 Å². The van der Waals surface area contributed by atoms with Crippen LogP contribution in [0.4, 0.5) is 0 Å². The minimum absolute atomic E-state index is 0.168. The van der Waals surface area contributed by atoms with Crippen molar-refractivity contribution < 1.29 is 9.59 Å². The first-order valence-corrected chi connectivity index (χ1v) is 10.3. The van der Waals surface area contributed by atoms with Gasteiger partial charge < -0.3 is 15.1 Å². The molecule has 0 spiro atoms. The second-order valence-electron chi connectivity index (χ2n) is 8.12. The fourth-order valence-corrected chi connectivity index (χ4v) is 4.53. The highest BCUT2D eigenvalue weighted by Gasteiger charge is 2.37. The lowest BCUT2D eigenvalue weighted by molar-refractivity contribution is -0.134. The normalized spacial score (nSPS) is 24.6. The molecule has 3 rings (SSSR count). The van der Waals surface area contributed by atoms with Crippen molar-refractivity contribution in [3.8, 4) is 0 Å². The summed E-state index contributed by atoms with van der Waals surface area (Å²) in [6.45, 7) is 2.59. The summed E-state index contributed by atoms with van der Waals surface area (Å²) in [5.74, 6) is 1.35. The fourth-order valence-electron chi connectivity index (χ4n) is 4.33. The average Bonchev–Trinajstić information content (AvgIpc) is 2.65. The minimum Gasteiger partial charge on any atom is -0.349 e. The Morgan fingerprint density at radius 3 is 2.78 bits per heavy atom. The molecular formula is C21H30ClN3O2. The van der Waals surface area contributed by atoms with Crippen LogP contribution in [-0.4, -0.2) is 61.4 Å². The van der Waals surface area contributed by atoms with E-state index in [4.69, 9.17) is 11.6 Å². The lowest BCUT2D eigenvalue weighted by Crippen LogP contribution is -2.57. The van der Waals surface area contributed by atoms with E-state index < -0.39 is 0 Å². The first kappa shape index (κ1) is 20.2. The van der Waals surface area contributed by atoms with Crippen molar-refractivity contribution in [2.24, 2.45) is 11.8 Å². The van der Waals surface area contributed by atoms with Gasteiger partial charge in [0.2, 0.25) is 11.8 Å². The van der Waals surface area contributed by atoms with E-state index in [2.05, 4.69) is 5.32 Å². The van der Waals surface area contributed by atoms with Crippen molar-refractivity contribution >= 4 is 23.4 Å². The molecule has 1 aromatic carbocycles. The number of piperidine rings is 2. The summed E-state index contributed by atoms with van der Waals surface area (Å²) in [7, 11) is 3.60. The highest BCUT2D eigenvalue weighted by Crippen LogP contribution is 2.31. The summed E-state index contributed by atoms with van der Waals surface area (Å²) in [5, 5.41) is 4.32. The van der Waals surface area contributed by atoms with Crippen LogP contribution in [0.15, 0.2) is 24.3 Å². The number of nitrogens with one attached hydrogen (secondary N) is 1. The molecule has 148 valence electrons. The Balaban J connectivity index is 1.54. The number of hydrogen-bond donors (Lipinski definition) is 1. The third-order valence-corrected chi connectivity index (χ3v) is 6.23. The molecule has 0 radical (unpaired) electrons. The predicted molar refractivity (Wildman–Crippen MR) is 108 cm³/mol. The number of hydrogen-bond acceptors (Lipinski definition) is 3. The Morgan fingerprint density at radius 1 is 1.26 bits per heavy atom. The summed E-state index contributed by atoms with van der Waals surface area (Å²) in [4.78, 5) is 28.3. The molecule has 2 fully saturated rings. The van der Waals surface area contributed by atoms with Crippen LogP contribution in [0, 0.1) is 11.8 Å². The van der Waals surface area contributed by atoms with Crippen LogP contribution in [0.25, 0.3) is 0 Å². The molecule has 2 bridgehead atoms. The monoisotopic (exact) mass is 391 g/mol. The highest BCUT2D eigenvalue weighted by molar-refractivity contribution is 6.31. The van der Waals surface area contributed by atoms with Gasteiger partial charge in [-0.3, -0.25) is 9.59 Å². The quantitative estimate of drug-likeness (QED) is 0.810. The smallest absolute Gasteiger partial charge is 0.227 e. The summed E-state index contributed by atoms with van der Waals surface area (Å²) in [5.41, 5.74) is 0.900. The van der Waals surface area contributed by atoms with Gasteiger partial charge >= 0.3 is 0 Å². The zero-order chi connectivity index (χ0) is 19.4. The summed E-state index contributed by atoms with van der Waals surface area (Å²) in [6, 6.07) is 7.97. The van der Waals surface area contributed by atoms with Crippen molar-refractivity contribution in [2.45, 2.75) is 38.1 Å². The molecule has 0 aliphatic carbocycles. The number of likely N-dealkylation sites (tertiary alicyclic amines) is 1. The lowest BCUT2D eigenvalue weighted by Gasteiger charge is -2.46. The average molecular weight is 392 g/mol. The molecule has 2 heterocycles. The molecular weight excluding hydrogens is 362 g/mol. The Labute approximate surface area is 167 Å². The van der Waals surface area contributed by atoms with Gasteiger partial charge in [-0.2, -0.15) is 0 Å². The molecule has 0 saturated carbocycles. The predicted octanol–water partition coefficient (Wildman–Crippen LogP) is 2.58. The standard InChI is InChI=1S/C21H30ClN3O2/c1-24(2)20(26)9-5-8-19-17-10-15(12-23-19)13-25(14-17)21(27)11-16-6-3-4-7-18(16)22/h3-4,6-7,15,17,19,23H,5,8-14H2,1-2H3/t15-,17+,19+/m0/s1. The van der Waals surface area contributed by atoms with E-state index >= 15 is 0 Å². The largest absolute Gasteiger partial charge is 0.349 e. The first-order chi connectivity index (χ1) is 12.9. The zero-order valence-corrected chi connectivity index (χ0v) is 17.0. The zero-order valence-electron chi connectivity index (χ0n) is 16.3. The number of fused-ring (bicyclic) bond motifs is 2. The van der Waals surface area contributed by atoms with Gasteiger partial charge in [0.15, 0.2) is 0 Å². The Bertz CT molecular complexity index is 679. The number of benzene rings is 1. The van der Waals surface area contributed by atoms with Gasteiger partial charge in [0.1, 0.15) is 0 Å². The van der Waals surface area contributed by atoms with Crippen LogP contribution in [0.1, 0.15) is 31.2 Å². The number of carbonyl (C=O) groups excluding carboxylic acids is 2. The topological polar surface area (TPSA) is 52.7 Å². The third-order valence-electron chi connectivity index (χ3n) is 5.86. The van der Waals surface area contributed by atoms with Crippen LogP contribution in [0.3, 0.4) is 0 Å². The van der Waals surface area contributed by atoms with Crippen LogP contribution in [0.5, 0.6) is 0 Å². The third kappa shape index (κ3) is 5.23. The maximum absolute atomic E-state index is 12.8. The molecule has 0 aromatic heterocycles. The van der Waals surface area contributed by atoms with Gasteiger partial charge in [0, 0.05) is 44.7 Å². The van der Waals surface area contributed by atoms with E-state index in [1.54, 1.807) is 19.0 Å². The second kappa shape index (κ2) is 9.07. The van der Waals surface area contributed by atoms with Crippen LogP contribution < -0.4 is 5.32 Å². The maximum Gasteiger partial charge on any atom is 0.227 e. The first-order valence-electron chi connectivity index (χ1n) is 9.88. The molecule has 2 amide bonds. The van der Waals surface area contributed by atoms with E-state index in [-0.39, 0.29) is 11.8 Å². The Kier molecular flexibility index (Phi) is 6.77. The minimum atomic E-state index is 0.168. The van der Waals surface area contributed by atoms with E-state index in [0.29, 0.717) is 35.7 Å². The van der Waals surface area contributed by atoms with Crippen molar-refractivity contribution in [1.29, 1.82) is 0 Å². The number of amides is 2. The molecule has 5 nitrogen and oxygen atoms in total. The fraction of sp³-hybridized carbons (Fsp3) is 0.619. The van der Waals surface area contributed by atoms with Gasteiger partial charge in [-0.25, -0.2) is 0 Å². The number of rotatable bonds is 6. The molecule has 2 saturated heterocycles. The number of nitrogens with zero attached hydrogens (tertiary/aromatic N) is 2. The molecule has 2 aliphatic heterocycles. The lowest BCUT2D eigenvalue weighted by atomic mass is 9.79. The summed E-state index contributed by atoms with van der Waals surface area (Å²) < 4.78 is 0. The van der Waals surface area contributed by atoms with Crippen molar-refractivity contribution in [3.05, 3.63) is 34.9 Å². The van der Waals surface area contributed by atoms with Crippen molar-refractivity contribution in [2.75, 3.05) is 33.7 Å². The SMILES string of the molecule is CN(C)C(=O)CCC[C@H]1NC[C@@H]2C[C@@H]1CN(C(=O)Cc1ccccc1Cl)C2. The van der Waals surface area contributed by atoms with Crippen LogP contribution >= 0.6 is 11.6 Å². The van der Waals surface area contributed by atoms with Crippen molar-refractivity contribution in [1.82, 2.24) is 15.1 Å². The van der Waals surface area contributed by atoms with E-state index in [1.807, 2.05) is 29.2 Å². The molecule has 2 aliphatic rings. The maximum atomic E-state index is 12.8. The molecule has 6 heteroatoms. The van der Waals surface area contributed by atoms with Crippen LogP contribution in [0.2, 0.25) is 5.02 Å². The van der Waals surface area contributed by atoms with Gasteiger partial charge in [-0.05, 0) is 49.3 Å². The molecule has 1 N–H and O–H groups in total. The Hall–Kier alpha value is -1.59. The summed E-state index contributed by atoms with van der Waals surface area (Å²) >= 11 is 6.22. The van der Waals surface area contributed by atoms with Crippen LogP contribution in [-0.2, 0) is 16.0 Å². The molecule has 1 aromatic rings. The molecule has 3 atom stereocenters. The van der Waals surface area contributed by atoms with E-state index in [0.717, 1.165) is 38.0 Å². The van der Waals surface area contributed by atoms with Gasteiger partial charge in [-0.15, -0.1) is 0 Å². The molecule has 0 unspecified atom stereocenters. The molecule has 27 heavy (non-hydrogen) atoms. The number of halogens is 1. The second-order valence-corrected chi connectivity index (χ2v) is 8.53. The van der Waals surface area contributed by atoms with E-state index in [9.17, 15) is 9.59 Å². The number of carbonyl (C=O) groups is 2. The highest BCUT2D eigenvalue weighted by atomic mass is 35.5. The van der Waals surface area contributed by atoms with Gasteiger partial charge in [0.05, 0.1) is 6.42 Å².